The molecule has 0 saturated carbocycles. The Bertz CT molecular complexity index is 1010. The van der Waals surface area contributed by atoms with E-state index >= 15 is 0 Å². The van der Waals surface area contributed by atoms with E-state index in [2.05, 4.69) is 35.0 Å². The van der Waals surface area contributed by atoms with Gasteiger partial charge in [0.15, 0.2) is 0 Å². The van der Waals surface area contributed by atoms with Crippen LogP contribution in [0, 0.1) is 11.8 Å². The largest absolute Gasteiger partial charge is 0.337 e. The first-order valence-electron chi connectivity index (χ1n) is 9.39. The van der Waals surface area contributed by atoms with Gasteiger partial charge in [-0.15, -0.1) is 0 Å². The van der Waals surface area contributed by atoms with Crippen LogP contribution in [0.1, 0.15) is 20.3 Å². The number of carbonyl (C=O) groups excluding carboxylic acids is 1. The second kappa shape index (κ2) is 9.38. The molecule has 0 aliphatic carbocycles. The van der Waals surface area contributed by atoms with Gasteiger partial charge in [-0.2, -0.15) is 4.31 Å². The summed E-state index contributed by atoms with van der Waals surface area (Å²) >= 11 is 11.8. The second-order valence-corrected chi connectivity index (χ2v) is 10.2. The average Bonchev–Trinajstić information content (AvgIpc) is 2.69. The molecule has 1 aliphatic heterocycles. The average molecular weight is 472 g/mol. The van der Waals surface area contributed by atoms with Crippen LogP contribution >= 0.6 is 23.2 Å². The minimum atomic E-state index is -3.60. The van der Waals surface area contributed by atoms with Crippen molar-refractivity contribution in [3.8, 4) is 0 Å². The highest BCUT2D eigenvalue weighted by atomic mass is 35.5. The van der Waals surface area contributed by atoms with E-state index in [-0.39, 0.29) is 4.90 Å². The van der Waals surface area contributed by atoms with Gasteiger partial charge in [0, 0.05) is 25.0 Å². The zero-order valence-corrected chi connectivity index (χ0v) is 18.9. The number of hydrogen-bond acceptors (Lipinski definition) is 5. The maximum Gasteiger partial charge on any atom is 0.337 e. The molecule has 2 heterocycles. The first-order chi connectivity index (χ1) is 14.1. The number of rotatable bonds is 5. The van der Waals surface area contributed by atoms with E-state index in [1.165, 1.54) is 28.7 Å². The van der Waals surface area contributed by atoms with Gasteiger partial charge < -0.3 is 5.32 Å². The molecule has 0 radical (unpaired) electrons. The van der Waals surface area contributed by atoms with Crippen LogP contribution in [0.5, 0.6) is 0 Å². The minimum absolute atomic E-state index is 0.120. The molecule has 1 aromatic heterocycles. The van der Waals surface area contributed by atoms with E-state index < -0.39 is 16.1 Å². The summed E-state index contributed by atoms with van der Waals surface area (Å²) in [6.45, 7) is 5.11. The quantitative estimate of drug-likeness (QED) is 0.566. The number of hydrogen-bond donors (Lipinski definition) is 3. The SMILES string of the molecule is C[C@@H]1C[C@@H](C)CN(S(=O)(=O)c2ccc(NNC(=O)Nc3ccc(Cl)c(Cl)c3)nc2)C1. The third-order valence-electron chi connectivity index (χ3n) is 4.69. The summed E-state index contributed by atoms with van der Waals surface area (Å²) in [6.07, 6.45) is 2.29. The van der Waals surface area contributed by atoms with Crippen LogP contribution < -0.4 is 16.2 Å². The van der Waals surface area contributed by atoms with Crippen molar-refractivity contribution in [3.63, 3.8) is 0 Å². The molecular formula is C19H23Cl2N5O3S. The fourth-order valence-electron chi connectivity index (χ4n) is 3.41. The van der Waals surface area contributed by atoms with Crippen LogP contribution in [0.3, 0.4) is 0 Å². The lowest BCUT2D eigenvalue weighted by Crippen LogP contribution is -2.42. The zero-order chi connectivity index (χ0) is 21.9. The van der Waals surface area contributed by atoms with E-state index in [9.17, 15) is 13.2 Å². The van der Waals surface area contributed by atoms with E-state index in [0.29, 0.717) is 46.5 Å². The normalized spacial score (nSPS) is 19.9. The fraction of sp³-hybridized carbons (Fsp3) is 0.368. The minimum Gasteiger partial charge on any atom is -0.307 e. The van der Waals surface area contributed by atoms with Gasteiger partial charge in [0.05, 0.1) is 10.0 Å². The maximum absolute atomic E-state index is 12.9. The number of nitrogens with one attached hydrogen (secondary N) is 3. The molecule has 8 nitrogen and oxygen atoms in total. The third-order valence-corrected chi connectivity index (χ3v) is 7.25. The lowest BCUT2D eigenvalue weighted by molar-refractivity contribution is 0.222. The lowest BCUT2D eigenvalue weighted by atomic mass is 9.94. The van der Waals surface area contributed by atoms with Crippen molar-refractivity contribution in [2.24, 2.45) is 11.8 Å². The number of carbonyl (C=O) groups is 1. The van der Waals surface area contributed by atoms with Crippen LogP contribution in [-0.4, -0.2) is 36.8 Å². The van der Waals surface area contributed by atoms with Gasteiger partial charge in [0.1, 0.15) is 10.7 Å². The van der Waals surface area contributed by atoms with Gasteiger partial charge in [0.25, 0.3) is 0 Å². The summed E-state index contributed by atoms with van der Waals surface area (Å²) in [6, 6.07) is 7.09. The summed E-state index contributed by atoms with van der Waals surface area (Å²) in [5, 5.41) is 3.28. The Balaban J connectivity index is 1.58. The Morgan fingerprint density at radius 1 is 1.10 bits per heavy atom. The number of amides is 2. The number of halogens is 2. The number of benzene rings is 1. The molecule has 3 N–H and O–H groups in total. The molecule has 3 rings (SSSR count). The molecule has 0 unspecified atom stereocenters. The molecule has 0 bridgehead atoms. The smallest absolute Gasteiger partial charge is 0.307 e. The molecule has 30 heavy (non-hydrogen) atoms. The van der Waals surface area contributed by atoms with Crippen molar-refractivity contribution in [2.45, 2.75) is 25.2 Å². The molecule has 162 valence electrons. The van der Waals surface area contributed by atoms with Crippen LogP contribution in [0.2, 0.25) is 10.0 Å². The molecule has 1 fully saturated rings. The highest BCUT2D eigenvalue weighted by Gasteiger charge is 2.31. The van der Waals surface area contributed by atoms with E-state index in [0.717, 1.165) is 6.42 Å². The van der Waals surface area contributed by atoms with Gasteiger partial charge in [0.2, 0.25) is 10.0 Å². The highest BCUT2D eigenvalue weighted by Crippen LogP contribution is 2.27. The number of anilines is 2. The molecule has 2 atom stereocenters. The zero-order valence-electron chi connectivity index (χ0n) is 16.5. The molecule has 2 aromatic rings. The summed E-state index contributed by atoms with van der Waals surface area (Å²) in [5.41, 5.74) is 5.50. The van der Waals surface area contributed by atoms with Gasteiger partial charge >= 0.3 is 6.03 Å². The molecule has 1 aromatic carbocycles. The fourth-order valence-corrected chi connectivity index (χ4v) is 5.34. The maximum atomic E-state index is 12.9. The Morgan fingerprint density at radius 2 is 1.80 bits per heavy atom. The van der Waals surface area contributed by atoms with E-state index in [1.54, 1.807) is 12.1 Å². The van der Waals surface area contributed by atoms with Gasteiger partial charge in [-0.05, 0) is 48.6 Å². The van der Waals surface area contributed by atoms with Crippen LogP contribution in [-0.2, 0) is 10.0 Å². The van der Waals surface area contributed by atoms with Gasteiger partial charge in [-0.25, -0.2) is 18.2 Å². The Labute approximate surface area is 186 Å². The van der Waals surface area contributed by atoms with Crippen molar-refractivity contribution in [1.82, 2.24) is 14.7 Å². The molecule has 0 spiro atoms. The number of nitrogens with zero attached hydrogens (tertiary/aromatic N) is 2. The van der Waals surface area contributed by atoms with Crippen LogP contribution in [0.4, 0.5) is 16.3 Å². The number of urea groups is 1. The standard InChI is InChI=1S/C19H23Cl2N5O3S/c1-12-7-13(2)11-26(10-12)30(28,29)15-4-6-18(22-9-15)24-25-19(27)23-14-3-5-16(20)17(21)8-14/h3-6,8-9,12-13H,7,10-11H2,1-2H3,(H,22,24)(H2,23,25,27)/t12-,13-/m1/s1. The molecule has 1 saturated heterocycles. The summed E-state index contributed by atoms with van der Waals surface area (Å²) in [4.78, 5) is 16.2. The molecular weight excluding hydrogens is 449 g/mol. The highest BCUT2D eigenvalue weighted by molar-refractivity contribution is 7.89. The topological polar surface area (TPSA) is 103 Å². The Kier molecular flexibility index (Phi) is 7.07. The number of hydrazine groups is 1. The summed E-state index contributed by atoms with van der Waals surface area (Å²) in [5.74, 6) is 0.921. The van der Waals surface area contributed by atoms with Crippen LogP contribution in [0.15, 0.2) is 41.4 Å². The number of aromatic nitrogens is 1. The van der Waals surface area contributed by atoms with Crippen molar-refractivity contribution in [3.05, 3.63) is 46.6 Å². The van der Waals surface area contributed by atoms with Crippen molar-refractivity contribution in [1.29, 1.82) is 0 Å². The first-order valence-corrected chi connectivity index (χ1v) is 11.6. The number of pyridine rings is 1. The summed E-state index contributed by atoms with van der Waals surface area (Å²) < 4.78 is 27.3. The number of piperidine rings is 1. The predicted octanol–water partition coefficient (Wildman–Crippen LogP) is 4.20. The molecule has 1 aliphatic rings. The van der Waals surface area contributed by atoms with E-state index in [1.807, 2.05) is 0 Å². The van der Waals surface area contributed by atoms with Crippen molar-refractivity contribution < 1.29 is 13.2 Å². The predicted molar refractivity (Wildman–Crippen MR) is 118 cm³/mol. The van der Waals surface area contributed by atoms with Gasteiger partial charge in [-0.3, -0.25) is 10.9 Å². The van der Waals surface area contributed by atoms with Crippen molar-refractivity contribution in [2.75, 3.05) is 23.8 Å². The second-order valence-electron chi connectivity index (χ2n) is 7.48. The molecule has 11 heteroatoms. The number of sulfonamides is 1. The monoisotopic (exact) mass is 471 g/mol. The van der Waals surface area contributed by atoms with Crippen molar-refractivity contribution >= 4 is 50.8 Å². The summed E-state index contributed by atoms with van der Waals surface area (Å²) in [7, 11) is -3.60. The van der Waals surface area contributed by atoms with Crippen LogP contribution in [0.25, 0.3) is 0 Å². The lowest BCUT2D eigenvalue weighted by Gasteiger charge is -2.33. The molecule has 2 amide bonds. The first kappa shape index (κ1) is 22.6. The Morgan fingerprint density at radius 3 is 2.40 bits per heavy atom. The Hall–Kier alpha value is -2.07. The van der Waals surface area contributed by atoms with Gasteiger partial charge in [-0.1, -0.05) is 37.0 Å². The third kappa shape index (κ3) is 5.54. The van der Waals surface area contributed by atoms with E-state index in [4.69, 9.17) is 23.2 Å².